The predicted molar refractivity (Wildman–Crippen MR) is 137 cm³/mol. The summed E-state index contributed by atoms with van der Waals surface area (Å²) >= 11 is 0. The van der Waals surface area contributed by atoms with Gasteiger partial charge in [0.25, 0.3) is 0 Å². The van der Waals surface area contributed by atoms with E-state index >= 15 is 0 Å². The van der Waals surface area contributed by atoms with Crippen molar-refractivity contribution in [1.82, 2.24) is 4.90 Å². The highest BCUT2D eigenvalue weighted by molar-refractivity contribution is 6.02. The number of nitrogens with zero attached hydrogens (tertiary/aromatic N) is 2. The van der Waals surface area contributed by atoms with Crippen molar-refractivity contribution in [3.05, 3.63) is 59.2 Å². The molecule has 3 heterocycles. The van der Waals surface area contributed by atoms with Crippen molar-refractivity contribution >= 4 is 29.8 Å². The summed E-state index contributed by atoms with van der Waals surface area (Å²) in [4.78, 5) is 29.6. The molecule has 1 fully saturated rings. The first-order valence-corrected chi connectivity index (χ1v) is 12.5. The Kier molecular flexibility index (Phi) is 7.95. The number of carbonyl (C=O) groups excluding carboxylic acids is 2. The summed E-state index contributed by atoms with van der Waals surface area (Å²) in [7, 11) is 0. The molecule has 0 bridgehead atoms. The first kappa shape index (κ1) is 24.7. The Morgan fingerprint density at radius 2 is 1.74 bits per heavy atom. The maximum absolute atomic E-state index is 13.0. The number of anilines is 1. The van der Waals surface area contributed by atoms with Gasteiger partial charge in [-0.15, -0.1) is 12.4 Å². The van der Waals surface area contributed by atoms with Gasteiger partial charge in [-0.25, -0.2) is 0 Å². The molecule has 1 atom stereocenters. The molecule has 0 aromatic heterocycles. The molecule has 1 unspecified atom stereocenters. The molecular weight excluding hydrogens is 448 g/mol. The highest BCUT2D eigenvalue weighted by Gasteiger charge is 2.32. The van der Waals surface area contributed by atoms with Crippen molar-refractivity contribution in [3.63, 3.8) is 0 Å². The van der Waals surface area contributed by atoms with E-state index in [-0.39, 0.29) is 24.1 Å². The van der Waals surface area contributed by atoms with E-state index in [2.05, 4.69) is 24.0 Å². The number of benzene rings is 2. The van der Waals surface area contributed by atoms with Gasteiger partial charge in [-0.2, -0.15) is 0 Å². The lowest BCUT2D eigenvalue weighted by Crippen LogP contribution is -2.42. The van der Waals surface area contributed by atoms with Gasteiger partial charge in [-0.05, 0) is 93.4 Å². The number of hydrogen-bond donors (Lipinski definition) is 0. The molecule has 2 aromatic rings. The number of rotatable bonds is 8. The molecule has 0 spiro atoms. The first-order valence-electron chi connectivity index (χ1n) is 12.5. The van der Waals surface area contributed by atoms with Crippen LogP contribution >= 0.6 is 12.4 Å². The van der Waals surface area contributed by atoms with E-state index in [0.29, 0.717) is 31.4 Å². The van der Waals surface area contributed by atoms with E-state index in [1.807, 2.05) is 35.2 Å². The Balaban J connectivity index is 0.00000274. The fourth-order valence-electron chi connectivity index (χ4n) is 5.62. The van der Waals surface area contributed by atoms with Gasteiger partial charge in [-0.1, -0.05) is 18.2 Å². The Hall–Kier alpha value is -2.37. The van der Waals surface area contributed by atoms with Crippen LogP contribution in [0.15, 0.2) is 42.5 Å². The average molecular weight is 483 g/mol. The van der Waals surface area contributed by atoms with Crippen LogP contribution < -0.4 is 9.64 Å². The number of ether oxygens (including phenoxy) is 1. The number of aryl methyl sites for hydroxylation is 1. The minimum absolute atomic E-state index is 0. The maximum Gasteiger partial charge on any atom is 0.227 e. The van der Waals surface area contributed by atoms with Crippen LogP contribution in [0.5, 0.6) is 5.75 Å². The van der Waals surface area contributed by atoms with E-state index in [4.69, 9.17) is 4.74 Å². The van der Waals surface area contributed by atoms with E-state index in [0.717, 1.165) is 68.7 Å². The summed E-state index contributed by atoms with van der Waals surface area (Å²) in [5.74, 6) is 2.04. The minimum atomic E-state index is 0. The molecule has 5 nitrogen and oxygen atoms in total. The molecular formula is C28H35ClN2O3. The van der Waals surface area contributed by atoms with Crippen molar-refractivity contribution < 1.29 is 14.3 Å². The molecule has 0 radical (unpaired) electrons. The van der Waals surface area contributed by atoms with Gasteiger partial charge in [0.15, 0.2) is 5.78 Å². The molecule has 5 rings (SSSR count). The molecule has 3 aliphatic heterocycles. The number of piperidine rings is 1. The second kappa shape index (κ2) is 10.9. The van der Waals surface area contributed by atoms with Crippen LogP contribution in [-0.4, -0.2) is 48.9 Å². The number of ketones is 1. The van der Waals surface area contributed by atoms with Gasteiger partial charge in [-0.3, -0.25) is 14.5 Å². The Morgan fingerprint density at radius 1 is 1.03 bits per heavy atom. The fourth-order valence-corrected chi connectivity index (χ4v) is 5.62. The molecule has 1 amide bonds. The van der Waals surface area contributed by atoms with Gasteiger partial charge < -0.3 is 9.64 Å². The highest BCUT2D eigenvalue weighted by Crippen LogP contribution is 2.38. The van der Waals surface area contributed by atoms with E-state index in [9.17, 15) is 9.59 Å². The maximum atomic E-state index is 13.0. The third-order valence-electron chi connectivity index (χ3n) is 7.66. The van der Waals surface area contributed by atoms with Crippen molar-refractivity contribution in [2.45, 2.75) is 57.9 Å². The van der Waals surface area contributed by atoms with Gasteiger partial charge in [0.1, 0.15) is 12.4 Å². The fraction of sp³-hybridized carbons (Fsp3) is 0.500. The van der Waals surface area contributed by atoms with Crippen LogP contribution in [0.2, 0.25) is 0 Å². The normalized spacial score (nSPS) is 18.9. The second-order valence-corrected chi connectivity index (χ2v) is 9.85. The number of halogens is 1. The summed E-state index contributed by atoms with van der Waals surface area (Å²) in [6.45, 7) is 5.86. The van der Waals surface area contributed by atoms with Crippen LogP contribution in [0.1, 0.15) is 60.5 Å². The van der Waals surface area contributed by atoms with Crippen LogP contribution in [0, 0.1) is 5.92 Å². The van der Waals surface area contributed by atoms with E-state index in [1.54, 1.807) is 0 Å². The van der Waals surface area contributed by atoms with Gasteiger partial charge in [0, 0.05) is 31.0 Å². The molecule has 2 aromatic carbocycles. The third-order valence-corrected chi connectivity index (χ3v) is 7.66. The second-order valence-electron chi connectivity index (χ2n) is 9.85. The molecule has 6 heteroatoms. The number of carbonyl (C=O) groups is 2. The summed E-state index contributed by atoms with van der Waals surface area (Å²) in [6, 6.07) is 14.5. The zero-order chi connectivity index (χ0) is 22.8. The smallest absolute Gasteiger partial charge is 0.227 e. The van der Waals surface area contributed by atoms with Gasteiger partial charge in [0.2, 0.25) is 5.91 Å². The zero-order valence-electron chi connectivity index (χ0n) is 20.0. The first-order chi connectivity index (χ1) is 16.1. The monoisotopic (exact) mass is 482 g/mol. The number of Topliss-reactive ketones (excluding diaryl/α,β-unsaturated/α-hetero) is 1. The lowest BCUT2D eigenvalue weighted by molar-refractivity contribution is -0.118. The summed E-state index contributed by atoms with van der Waals surface area (Å²) in [5.41, 5.74) is 4.32. The van der Waals surface area contributed by atoms with E-state index in [1.165, 1.54) is 11.1 Å². The molecule has 0 saturated carbocycles. The number of hydrogen-bond acceptors (Lipinski definition) is 4. The van der Waals surface area contributed by atoms with Crippen molar-refractivity contribution in [2.24, 2.45) is 5.92 Å². The Morgan fingerprint density at radius 3 is 2.47 bits per heavy atom. The van der Waals surface area contributed by atoms with Crippen LogP contribution in [0.4, 0.5) is 5.69 Å². The SMILES string of the molecule is CC(COc1ccccc1)N1CCC(CCC(=O)c2cc3c4c(c2)CCN4C(=O)CC3)CC1.Cl. The van der Waals surface area contributed by atoms with Crippen LogP contribution in [0.3, 0.4) is 0 Å². The number of amides is 1. The van der Waals surface area contributed by atoms with E-state index < -0.39 is 0 Å². The molecule has 34 heavy (non-hydrogen) atoms. The molecule has 3 aliphatic rings. The Bertz CT molecular complexity index is 1020. The van der Waals surface area contributed by atoms with Gasteiger partial charge >= 0.3 is 0 Å². The summed E-state index contributed by atoms with van der Waals surface area (Å²) < 4.78 is 5.94. The van der Waals surface area contributed by atoms with Crippen LogP contribution in [-0.2, 0) is 17.6 Å². The van der Waals surface area contributed by atoms with Crippen molar-refractivity contribution in [3.8, 4) is 5.75 Å². The lowest BCUT2D eigenvalue weighted by atomic mass is 9.88. The molecule has 0 aliphatic carbocycles. The molecule has 182 valence electrons. The topological polar surface area (TPSA) is 49.9 Å². The predicted octanol–water partition coefficient (Wildman–Crippen LogP) is 5.09. The summed E-state index contributed by atoms with van der Waals surface area (Å²) in [5, 5.41) is 0. The van der Waals surface area contributed by atoms with Gasteiger partial charge in [0.05, 0.1) is 5.69 Å². The highest BCUT2D eigenvalue weighted by atomic mass is 35.5. The largest absolute Gasteiger partial charge is 0.492 e. The number of para-hydroxylation sites is 1. The van der Waals surface area contributed by atoms with Crippen molar-refractivity contribution in [1.29, 1.82) is 0 Å². The molecule has 0 N–H and O–H groups in total. The standard InChI is InChI=1S/C28H34N2O3.ClH/c1-20(19-33-25-5-3-2-4-6-25)29-14-11-21(12-15-29)7-9-26(31)24-17-22-8-10-27(32)30-16-13-23(18-24)28(22)30;/h2-6,17-18,20-21H,7-16,19H2,1H3;1H. The average Bonchev–Trinajstić information content (AvgIpc) is 3.29. The van der Waals surface area contributed by atoms with Crippen LogP contribution in [0.25, 0.3) is 0 Å². The third kappa shape index (κ3) is 5.31. The Labute approximate surface area is 208 Å². The molecule has 1 saturated heterocycles. The minimum Gasteiger partial charge on any atom is -0.492 e. The quantitative estimate of drug-likeness (QED) is 0.492. The zero-order valence-corrected chi connectivity index (χ0v) is 20.8. The lowest BCUT2D eigenvalue weighted by Gasteiger charge is -2.36. The number of likely N-dealkylation sites (tertiary alicyclic amines) is 1. The van der Waals surface area contributed by atoms with Crippen molar-refractivity contribution in [2.75, 3.05) is 31.1 Å². The summed E-state index contributed by atoms with van der Waals surface area (Å²) in [6.07, 6.45) is 6.10.